The van der Waals surface area contributed by atoms with E-state index in [0.29, 0.717) is 18.5 Å². The molecular formula is C64H101N17O23S4. The lowest BCUT2D eigenvalue weighted by atomic mass is 9.97. The molecular weight excluding hydrogens is 1500 g/mol. The van der Waals surface area contributed by atoms with Gasteiger partial charge >= 0.3 is 11.9 Å². The van der Waals surface area contributed by atoms with Crippen molar-refractivity contribution in [1.82, 2.24) is 90.4 Å². The van der Waals surface area contributed by atoms with Gasteiger partial charge in [-0.05, 0) is 97.9 Å². The average molecular weight is 1600 g/mol. The molecule has 0 bridgehead atoms. The van der Waals surface area contributed by atoms with Crippen molar-refractivity contribution in [2.75, 3.05) is 42.6 Å². The van der Waals surface area contributed by atoms with Crippen molar-refractivity contribution in [2.24, 2.45) is 5.92 Å². The normalized spacial score (nSPS) is 17.1. The second-order valence-corrected chi connectivity index (χ2v) is 26.9. The molecule has 44 heteroatoms. The largest absolute Gasteiger partial charge is 0.508 e. The highest BCUT2D eigenvalue weighted by molar-refractivity contribution is 7.80. The Morgan fingerprint density at radius 3 is 1.20 bits per heavy atom. The molecule has 40 nitrogen and oxygen atoms in total. The summed E-state index contributed by atoms with van der Waals surface area (Å²) >= 11 is 16.2. The number of thiol groups is 4. The molecule has 0 radical (unpaired) electrons. The molecule has 108 heavy (non-hydrogen) atoms. The van der Waals surface area contributed by atoms with E-state index in [1.807, 2.05) is 0 Å². The molecule has 1 aromatic carbocycles. The maximum atomic E-state index is 14.0. The summed E-state index contributed by atoms with van der Waals surface area (Å²) in [5.41, 5.74) is 0.387. The molecule has 1 saturated heterocycles. The van der Waals surface area contributed by atoms with Crippen LogP contribution in [-0.2, 0) is 92.7 Å². The van der Waals surface area contributed by atoms with Crippen molar-refractivity contribution in [3.63, 3.8) is 0 Å². The zero-order valence-corrected chi connectivity index (χ0v) is 64.3. The van der Waals surface area contributed by atoms with Crippen LogP contribution < -0.4 is 90.4 Å². The molecule has 18 atom stereocenters. The molecule has 1 fully saturated rings. The molecule has 2 rings (SSSR count). The Morgan fingerprint density at radius 2 is 0.787 bits per heavy atom. The topological polar surface area (TPSA) is 613 Å². The Balaban J connectivity index is 2.14. The van der Waals surface area contributed by atoms with Gasteiger partial charge in [-0.2, -0.15) is 50.5 Å². The fraction of sp³-hybridized carbons (Fsp3) is 0.625. The van der Waals surface area contributed by atoms with Crippen molar-refractivity contribution >= 4 is 157 Å². The van der Waals surface area contributed by atoms with Crippen LogP contribution in [0.3, 0.4) is 0 Å². The van der Waals surface area contributed by atoms with E-state index in [0.717, 1.165) is 13.3 Å². The zero-order chi connectivity index (χ0) is 82.0. The van der Waals surface area contributed by atoms with E-state index in [4.69, 9.17) is 5.11 Å². The molecule has 1 heterocycles. The first-order chi connectivity index (χ1) is 50.6. The zero-order valence-electron chi connectivity index (χ0n) is 60.8. The SMILES string of the molecule is CC[C@H](C)[C@H](NC(=O)[C@H](CCC(=O)O)NC(=O)[C@H](C)NC(=O)[C@H](CS)NC(=O)[C@@H](NC(=O)CNC(=O)[C@@H]1CCCN1)[C@@H](C)O)C(=O)N[C@@H](CS)C(=O)N[C@@H](C)C(=O)N[C@@H](C)C(=O)N[C@@H](Cc1ccc(O)cc1)C(=O)N[C@@H](C)C(=O)N[C@@H](C)C(=O)N[C@@H](CS)C(=O)N[C@H](C(=O)NCC(=O)N[C@@H](CS)C(=O)O)[C@@H](C)O. The number of hydrogen-bond donors (Lipinski definition) is 26. The smallest absolute Gasteiger partial charge is 0.327 e. The number of aliphatic hydroxyl groups excluding tert-OH is 2. The van der Waals surface area contributed by atoms with Gasteiger partial charge in [-0.1, -0.05) is 32.4 Å². The van der Waals surface area contributed by atoms with Crippen LogP contribution in [0, 0.1) is 5.92 Å². The fourth-order valence-electron chi connectivity index (χ4n) is 9.71. The average Bonchev–Trinajstić information content (AvgIpc) is 0.990. The number of aliphatic carboxylic acids is 2. The summed E-state index contributed by atoms with van der Waals surface area (Å²) in [6.45, 7) is 10.9. The summed E-state index contributed by atoms with van der Waals surface area (Å²) in [7, 11) is 0. The predicted molar refractivity (Wildman–Crippen MR) is 397 cm³/mol. The van der Waals surface area contributed by atoms with Gasteiger partial charge in [0.1, 0.15) is 90.3 Å². The van der Waals surface area contributed by atoms with Crippen LogP contribution in [0.2, 0.25) is 0 Å². The van der Waals surface area contributed by atoms with Crippen LogP contribution in [0.25, 0.3) is 0 Å². The van der Waals surface area contributed by atoms with Gasteiger partial charge in [-0.3, -0.25) is 81.5 Å². The number of hydrogen-bond acceptors (Lipinski definition) is 26. The number of phenolic OH excluding ortho intramolecular Hbond substituents is 1. The predicted octanol–water partition coefficient (Wildman–Crippen LogP) is -8.72. The Hall–Kier alpha value is -9.24. The molecule has 0 spiro atoms. The van der Waals surface area contributed by atoms with Crippen molar-refractivity contribution in [1.29, 1.82) is 0 Å². The lowest BCUT2D eigenvalue weighted by molar-refractivity contribution is -0.141. The first kappa shape index (κ1) is 94.8. The van der Waals surface area contributed by atoms with Gasteiger partial charge in [0, 0.05) is 35.9 Å². The third kappa shape index (κ3) is 32.7. The molecule has 0 unspecified atom stereocenters. The second kappa shape index (κ2) is 47.5. The molecule has 0 aliphatic carbocycles. The minimum Gasteiger partial charge on any atom is -0.508 e. The fourth-order valence-corrected chi connectivity index (χ4v) is 10.7. The Labute approximate surface area is 643 Å². The van der Waals surface area contributed by atoms with Gasteiger partial charge in [0.05, 0.1) is 31.3 Å². The highest BCUT2D eigenvalue weighted by Gasteiger charge is 2.38. The minimum atomic E-state index is -1.70. The van der Waals surface area contributed by atoms with Crippen LogP contribution in [0.5, 0.6) is 5.75 Å². The molecule has 0 saturated carbocycles. The van der Waals surface area contributed by atoms with Gasteiger partial charge in [-0.25, -0.2) is 4.79 Å². The number of amides is 16. The van der Waals surface area contributed by atoms with E-state index in [9.17, 15) is 107 Å². The van der Waals surface area contributed by atoms with Crippen molar-refractivity contribution in [2.45, 2.75) is 204 Å². The molecule has 0 aromatic heterocycles. The highest BCUT2D eigenvalue weighted by Crippen LogP contribution is 2.14. The number of nitrogens with one attached hydrogen (secondary N) is 17. The Kier molecular flexibility index (Phi) is 41.7. The summed E-state index contributed by atoms with van der Waals surface area (Å²) in [6, 6.07) is -16.2. The third-order valence-corrected chi connectivity index (χ3v) is 17.9. The van der Waals surface area contributed by atoms with Crippen LogP contribution in [0.15, 0.2) is 24.3 Å². The molecule has 16 amide bonds. The molecule has 1 aromatic rings. The number of carboxylic acids is 2. The van der Waals surface area contributed by atoms with Crippen LogP contribution in [-0.4, -0.2) is 277 Å². The van der Waals surface area contributed by atoms with E-state index < -0.39 is 247 Å². The molecule has 1 aliphatic heterocycles. The summed E-state index contributed by atoms with van der Waals surface area (Å²) in [5.74, 6) is -20.3. The van der Waals surface area contributed by atoms with Gasteiger partial charge < -0.3 is 116 Å². The van der Waals surface area contributed by atoms with E-state index >= 15 is 0 Å². The summed E-state index contributed by atoms with van der Waals surface area (Å²) in [4.78, 5) is 236. The number of carboxylic acid groups (broad SMARTS) is 2. The van der Waals surface area contributed by atoms with Gasteiger partial charge in [0.25, 0.3) is 0 Å². The molecule has 1 aliphatic rings. The second-order valence-electron chi connectivity index (χ2n) is 25.4. The maximum Gasteiger partial charge on any atom is 0.327 e. The van der Waals surface area contributed by atoms with Gasteiger partial charge in [-0.15, -0.1) is 0 Å². The Bertz CT molecular complexity index is 3360. The molecule has 22 N–H and O–H groups in total. The van der Waals surface area contributed by atoms with Crippen LogP contribution >= 0.6 is 50.5 Å². The quantitative estimate of drug-likeness (QED) is 0.0270. The number of carbonyl (C=O) groups excluding carboxylic acids is 16. The minimum absolute atomic E-state index is 0.144. The van der Waals surface area contributed by atoms with E-state index in [1.54, 1.807) is 13.8 Å². The number of carbonyl (C=O) groups is 18. The first-order valence-electron chi connectivity index (χ1n) is 34.2. The van der Waals surface area contributed by atoms with Crippen LogP contribution in [0.4, 0.5) is 0 Å². The number of aliphatic hydroxyl groups is 2. The van der Waals surface area contributed by atoms with E-state index in [2.05, 4.69) is 141 Å². The first-order valence-corrected chi connectivity index (χ1v) is 36.7. The Morgan fingerprint density at radius 1 is 0.426 bits per heavy atom. The number of aromatic hydroxyl groups is 1. The van der Waals surface area contributed by atoms with Crippen molar-refractivity contribution in [3.8, 4) is 5.75 Å². The summed E-state index contributed by atoms with van der Waals surface area (Å²) < 4.78 is 0. The van der Waals surface area contributed by atoms with Crippen molar-refractivity contribution < 1.29 is 112 Å². The van der Waals surface area contributed by atoms with Crippen LogP contribution in [0.1, 0.15) is 100.0 Å². The number of rotatable bonds is 46. The van der Waals surface area contributed by atoms with Gasteiger partial charge in [0.15, 0.2) is 0 Å². The molecule has 604 valence electrons. The summed E-state index contributed by atoms with van der Waals surface area (Å²) in [6.07, 6.45) is -3.04. The summed E-state index contributed by atoms with van der Waals surface area (Å²) in [5, 5.41) is 89.8. The standard InChI is InChI=1S/C64H101N17O23S4/c1-10-27(2)47(80-56(95)38(17-18-46(87)88)74-52(91)32(7)72-59(98)41(24-106)78-63(102)49(34(9)83)79-45(86)22-66-55(94)37-12-11-19-65-37)62(101)77-40(23-105)58(97)71-29(4)51(90)68-30(5)53(92)75-39(20-35-13-15-36(84)16-14-35)57(96)70-28(3)50(89)69-31(6)54(93)76-42(25-107)60(99)81-48(33(8)82)61(100)67-21-44(85)73-43(26-108)64(103)104/h13-16,27-34,37-43,47-49,65,82-84,105-108H,10-12,17-26H2,1-9H3,(H,66,94)(H,67,100)(H,68,90)(H,69,89)(H,70,96)(H,71,97)(H,72,98)(H,73,85)(H,74,91)(H,75,92)(H,76,93)(H,77,101)(H,78,102)(H,79,86)(H,80,95)(H,81,99)(H,87,88)(H,103,104)/t27-,28-,29-,30-,31-,32-,33+,34+,37-,38-,39-,40-,41-,42-,43-,47-,48-,49-/m0/s1. The number of phenols is 1. The van der Waals surface area contributed by atoms with E-state index in [-0.39, 0.29) is 35.8 Å². The van der Waals surface area contributed by atoms with E-state index in [1.165, 1.54) is 65.8 Å². The highest BCUT2D eigenvalue weighted by atomic mass is 32.1. The maximum absolute atomic E-state index is 14.0. The third-order valence-electron chi connectivity index (χ3n) is 16.5. The number of benzene rings is 1. The van der Waals surface area contributed by atoms with Gasteiger partial charge in [0.2, 0.25) is 94.5 Å². The monoisotopic (exact) mass is 1600 g/mol. The lowest BCUT2D eigenvalue weighted by Crippen LogP contribution is -2.61. The van der Waals surface area contributed by atoms with Crippen molar-refractivity contribution in [3.05, 3.63) is 29.8 Å². The lowest BCUT2D eigenvalue weighted by Gasteiger charge is -2.29.